The quantitative estimate of drug-likeness (QED) is 0.640. The lowest BCUT2D eigenvalue weighted by atomic mass is 9.69. The number of rotatable bonds is 5. The second kappa shape index (κ2) is 7.80. The van der Waals surface area contributed by atoms with Crippen LogP contribution in [0.4, 0.5) is 13.2 Å². The van der Waals surface area contributed by atoms with Gasteiger partial charge in [0.2, 0.25) is 5.91 Å². The number of aliphatic hydroxyl groups is 1. The minimum absolute atomic E-state index is 0.0478. The predicted octanol–water partition coefficient (Wildman–Crippen LogP) is 4.59. The third-order valence-corrected chi connectivity index (χ3v) is 6.17. The molecule has 1 aliphatic carbocycles. The summed E-state index contributed by atoms with van der Waals surface area (Å²) in [5.74, 6) is -2.07. The van der Waals surface area contributed by atoms with E-state index >= 15 is 0 Å². The molecule has 1 aliphatic rings. The Labute approximate surface area is 172 Å². The number of aromatic amines is 1. The van der Waals surface area contributed by atoms with E-state index in [0.29, 0.717) is 29.5 Å². The number of H-pyrrole nitrogens is 1. The van der Waals surface area contributed by atoms with Crippen LogP contribution < -0.4 is 0 Å². The number of carbonyl (C=O) groups excluding carboxylic acids is 1. The first kappa shape index (κ1) is 20.5. The molecule has 2 aromatic carbocycles. The molecule has 1 fully saturated rings. The van der Waals surface area contributed by atoms with Gasteiger partial charge in [-0.3, -0.25) is 4.79 Å². The summed E-state index contributed by atoms with van der Waals surface area (Å²) >= 11 is 0. The second-order valence-corrected chi connectivity index (χ2v) is 8.08. The molecule has 2 N–H and O–H groups in total. The van der Waals surface area contributed by atoms with Gasteiger partial charge < -0.3 is 15.0 Å². The maximum Gasteiger partial charge on any atom is 0.225 e. The first-order valence-corrected chi connectivity index (χ1v) is 9.94. The maximum absolute atomic E-state index is 14.4. The van der Waals surface area contributed by atoms with E-state index in [1.54, 1.807) is 26.1 Å². The van der Waals surface area contributed by atoms with Crippen molar-refractivity contribution in [1.82, 2.24) is 9.88 Å². The van der Waals surface area contributed by atoms with E-state index in [9.17, 15) is 23.1 Å². The number of hydrogen-bond donors (Lipinski definition) is 2. The van der Waals surface area contributed by atoms with Gasteiger partial charge >= 0.3 is 0 Å². The third-order valence-electron chi connectivity index (χ3n) is 6.17. The van der Waals surface area contributed by atoms with Gasteiger partial charge in [-0.2, -0.15) is 0 Å². The van der Waals surface area contributed by atoms with Crippen LogP contribution in [0, 0.1) is 23.4 Å². The van der Waals surface area contributed by atoms with Crippen molar-refractivity contribution >= 4 is 16.8 Å². The fourth-order valence-corrected chi connectivity index (χ4v) is 4.19. The van der Waals surface area contributed by atoms with Crippen LogP contribution in [0.5, 0.6) is 0 Å². The number of nitrogens with one attached hydrogen (secondary N) is 1. The Morgan fingerprint density at radius 2 is 1.83 bits per heavy atom. The van der Waals surface area contributed by atoms with E-state index in [1.165, 1.54) is 23.1 Å². The Balaban J connectivity index is 1.71. The molecule has 0 radical (unpaired) electrons. The highest BCUT2D eigenvalue weighted by atomic mass is 19.1. The Hall–Kier alpha value is -2.80. The molecule has 0 aliphatic heterocycles. The van der Waals surface area contributed by atoms with E-state index in [-0.39, 0.29) is 41.7 Å². The fraction of sp³-hybridized carbons (Fsp3) is 0.348. The zero-order valence-corrected chi connectivity index (χ0v) is 16.8. The minimum atomic E-state index is -0.692. The van der Waals surface area contributed by atoms with Crippen LogP contribution in [-0.4, -0.2) is 40.6 Å². The lowest BCUT2D eigenvalue weighted by Crippen LogP contribution is -2.44. The Bertz CT molecular complexity index is 1090. The van der Waals surface area contributed by atoms with Gasteiger partial charge in [-0.25, -0.2) is 13.2 Å². The number of benzene rings is 2. The van der Waals surface area contributed by atoms with Crippen molar-refractivity contribution in [2.24, 2.45) is 5.92 Å². The summed E-state index contributed by atoms with van der Waals surface area (Å²) in [7, 11) is 1.66. The maximum atomic E-state index is 14.4. The van der Waals surface area contributed by atoms with Crippen LogP contribution >= 0.6 is 0 Å². The van der Waals surface area contributed by atoms with E-state index in [1.807, 2.05) is 0 Å². The van der Waals surface area contributed by atoms with Gasteiger partial charge in [-0.1, -0.05) is 0 Å². The van der Waals surface area contributed by atoms with E-state index in [2.05, 4.69) is 4.98 Å². The predicted molar refractivity (Wildman–Crippen MR) is 108 cm³/mol. The van der Waals surface area contributed by atoms with E-state index < -0.39 is 11.6 Å². The number of hydrogen-bond acceptors (Lipinski definition) is 2. The normalized spacial score (nSPS) is 19.5. The monoisotopic (exact) mass is 416 g/mol. The molecule has 30 heavy (non-hydrogen) atoms. The number of aliphatic hydroxyl groups excluding tert-OH is 1. The molecule has 0 spiro atoms. The van der Waals surface area contributed by atoms with Crippen LogP contribution in [0.1, 0.15) is 31.2 Å². The van der Waals surface area contributed by atoms with Crippen LogP contribution in [0.15, 0.2) is 36.4 Å². The number of amides is 1. The lowest BCUT2D eigenvalue weighted by molar-refractivity contribution is -0.140. The minimum Gasteiger partial charge on any atom is -0.394 e. The molecule has 1 heterocycles. The molecule has 0 saturated heterocycles. The summed E-state index contributed by atoms with van der Waals surface area (Å²) in [6.07, 6.45) is 1.08. The summed E-state index contributed by atoms with van der Waals surface area (Å²) in [6, 6.07) is 7.68. The van der Waals surface area contributed by atoms with Gasteiger partial charge in [0.15, 0.2) is 0 Å². The number of halogens is 3. The molecule has 1 unspecified atom stereocenters. The van der Waals surface area contributed by atoms with Crippen molar-refractivity contribution < 1.29 is 23.1 Å². The Kier molecular flexibility index (Phi) is 5.32. The highest BCUT2D eigenvalue weighted by molar-refractivity contribution is 5.92. The van der Waals surface area contributed by atoms with Crippen molar-refractivity contribution in [2.75, 3.05) is 13.7 Å². The Morgan fingerprint density at radius 1 is 1.17 bits per heavy atom. The average molecular weight is 416 g/mol. The molecule has 1 atom stereocenters. The van der Waals surface area contributed by atoms with Gasteiger partial charge in [-0.15, -0.1) is 0 Å². The van der Waals surface area contributed by atoms with E-state index in [4.69, 9.17) is 0 Å². The molecule has 1 saturated carbocycles. The molecule has 7 heteroatoms. The molecule has 1 aromatic heterocycles. The van der Waals surface area contributed by atoms with Crippen LogP contribution in [0.25, 0.3) is 22.2 Å². The first-order chi connectivity index (χ1) is 14.3. The topological polar surface area (TPSA) is 56.3 Å². The highest BCUT2D eigenvalue weighted by Crippen LogP contribution is 2.48. The lowest BCUT2D eigenvalue weighted by Gasteiger charge is -2.38. The number of nitrogens with zero attached hydrogens (tertiary/aromatic N) is 1. The molecule has 4 rings (SSSR count). The summed E-state index contributed by atoms with van der Waals surface area (Å²) in [4.78, 5) is 17.2. The zero-order chi connectivity index (χ0) is 21.6. The summed E-state index contributed by atoms with van der Waals surface area (Å²) in [6.45, 7) is 1.65. The molecule has 3 aromatic rings. The molecule has 0 bridgehead atoms. The largest absolute Gasteiger partial charge is 0.394 e. The Morgan fingerprint density at radius 3 is 2.47 bits per heavy atom. The fourth-order valence-electron chi connectivity index (χ4n) is 4.19. The van der Waals surface area contributed by atoms with Gasteiger partial charge in [0.25, 0.3) is 0 Å². The van der Waals surface area contributed by atoms with Crippen molar-refractivity contribution in [3.05, 3.63) is 59.4 Å². The van der Waals surface area contributed by atoms with Crippen molar-refractivity contribution in [1.29, 1.82) is 0 Å². The van der Waals surface area contributed by atoms with Gasteiger partial charge in [0.1, 0.15) is 17.5 Å². The third kappa shape index (κ3) is 3.47. The van der Waals surface area contributed by atoms with Crippen molar-refractivity contribution in [3.8, 4) is 11.3 Å². The molecule has 1 amide bonds. The number of likely N-dealkylation sites (N-methyl/N-ethyl adjacent to an activating group) is 1. The van der Waals surface area contributed by atoms with Crippen LogP contribution in [0.2, 0.25) is 0 Å². The summed E-state index contributed by atoms with van der Waals surface area (Å²) in [5, 5.41) is 9.73. The zero-order valence-electron chi connectivity index (χ0n) is 16.8. The average Bonchev–Trinajstić information content (AvgIpc) is 3.05. The SMILES string of the molecule is CC(CO)N(C)C(=O)C1CC(c2c(-c3ccc(F)cc3)[nH]c3c(F)cc(F)cc23)C1. The summed E-state index contributed by atoms with van der Waals surface area (Å²) in [5.41, 5.74) is 2.23. The highest BCUT2D eigenvalue weighted by Gasteiger charge is 2.40. The molecular weight excluding hydrogens is 393 g/mol. The van der Waals surface area contributed by atoms with Gasteiger partial charge in [0, 0.05) is 24.4 Å². The molecular formula is C23H23F3N2O2. The van der Waals surface area contributed by atoms with Crippen LogP contribution in [-0.2, 0) is 4.79 Å². The standard InChI is InChI=1S/C23H23F3N2O2/c1-12(11-29)28(2)23(30)15-7-14(8-15)20-18-9-17(25)10-19(26)22(18)27-21(20)13-3-5-16(24)6-4-13/h3-6,9-10,12,14-15,27,29H,7-8,11H2,1-2H3. The number of carbonyl (C=O) groups is 1. The first-order valence-electron chi connectivity index (χ1n) is 9.94. The second-order valence-electron chi connectivity index (χ2n) is 8.08. The van der Waals surface area contributed by atoms with Crippen molar-refractivity contribution in [2.45, 2.75) is 31.7 Å². The van der Waals surface area contributed by atoms with Gasteiger partial charge in [0.05, 0.1) is 23.9 Å². The smallest absolute Gasteiger partial charge is 0.225 e. The number of fused-ring (bicyclic) bond motifs is 1. The summed E-state index contributed by atoms with van der Waals surface area (Å²) < 4.78 is 41.8. The molecule has 158 valence electrons. The van der Waals surface area contributed by atoms with Crippen LogP contribution in [0.3, 0.4) is 0 Å². The molecule has 4 nitrogen and oxygen atoms in total. The van der Waals surface area contributed by atoms with Gasteiger partial charge in [-0.05, 0) is 67.1 Å². The van der Waals surface area contributed by atoms with Crippen molar-refractivity contribution in [3.63, 3.8) is 0 Å². The number of aromatic nitrogens is 1. The van der Waals surface area contributed by atoms with E-state index in [0.717, 1.165) is 11.6 Å².